The normalized spacial score (nSPS) is 13.4. The lowest BCUT2D eigenvalue weighted by Crippen LogP contribution is -2.44. The molecule has 0 unspecified atom stereocenters. The van der Waals surface area contributed by atoms with E-state index in [9.17, 15) is 32.3 Å². The Morgan fingerprint density at radius 2 is 1.50 bits per heavy atom. The summed E-state index contributed by atoms with van der Waals surface area (Å²) < 4.78 is 48.6. The van der Waals surface area contributed by atoms with E-state index in [-0.39, 0.29) is 36.8 Å². The van der Waals surface area contributed by atoms with Crippen LogP contribution in [0.2, 0.25) is 5.02 Å². The quantitative estimate of drug-likeness (QED) is 0.0638. The van der Waals surface area contributed by atoms with Gasteiger partial charge in [0.1, 0.15) is 6.04 Å². The Hall–Kier alpha value is -6.62. The van der Waals surface area contributed by atoms with Crippen LogP contribution in [0.3, 0.4) is 0 Å². The van der Waals surface area contributed by atoms with Crippen LogP contribution >= 0.6 is 11.6 Å². The maximum absolute atomic E-state index is 13.1. The number of pyridine rings is 1. The smallest absolute Gasteiger partial charge is 0.422 e. The number of carbonyl (C=O) groups is 4. The van der Waals surface area contributed by atoms with Crippen LogP contribution < -0.4 is 26.0 Å². The van der Waals surface area contributed by atoms with Gasteiger partial charge in [0.15, 0.2) is 6.61 Å². The number of aromatic nitrogens is 4. The predicted molar refractivity (Wildman–Crippen MR) is 206 cm³/mol. The third-order valence-corrected chi connectivity index (χ3v) is 9.23. The first-order valence-corrected chi connectivity index (χ1v) is 18.2. The minimum absolute atomic E-state index is 0.0281. The number of carbonyl (C=O) groups excluding carboxylic acids is 4. The van der Waals surface area contributed by atoms with Crippen molar-refractivity contribution >= 4 is 52.8 Å². The molecule has 2 amide bonds. The number of ether oxygens (including phenoxy) is 2. The molecule has 14 nitrogen and oxygen atoms in total. The van der Waals surface area contributed by atoms with Crippen LogP contribution in [0, 0.1) is 0 Å². The van der Waals surface area contributed by atoms with Gasteiger partial charge in [-0.25, -0.2) is 4.79 Å². The van der Waals surface area contributed by atoms with Gasteiger partial charge < -0.3 is 30.7 Å². The summed E-state index contributed by atoms with van der Waals surface area (Å²) in [5, 5.41) is 11.7. The summed E-state index contributed by atoms with van der Waals surface area (Å²) in [7, 11) is 1.15. The highest BCUT2D eigenvalue weighted by atomic mass is 35.5. The molecule has 1 atom stereocenters. The maximum atomic E-state index is 13.1. The minimum Gasteiger partial charge on any atom is -0.467 e. The van der Waals surface area contributed by atoms with Gasteiger partial charge in [-0.2, -0.15) is 28.1 Å². The number of Topliss-reactive ketones (excluding diaryl/α,β-unsaturated/α-hetero) is 1. The molecule has 0 aliphatic heterocycles. The van der Waals surface area contributed by atoms with Gasteiger partial charge in [0.25, 0.3) is 11.8 Å². The fourth-order valence-corrected chi connectivity index (χ4v) is 5.92. The maximum Gasteiger partial charge on any atom is 0.422 e. The second-order valence-corrected chi connectivity index (χ2v) is 13.6. The van der Waals surface area contributed by atoms with Crippen molar-refractivity contribution in [2.75, 3.05) is 30.9 Å². The average Bonchev–Trinajstić information content (AvgIpc) is 4.00. The SMILES string of the molecule is COC(=O)[C@H](CCNC(=O)C(=O)Cc1ccc(-c2ccncc2)cc1)NC(=O)c1ccc(Nc2nc(NC3(c4ccc(Cl)cc4)CC3)nc(OCC(F)(F)F)n2)cc1. The van der Waals surface area contributed by atoms with Crippen LogP contribution in [-0.4, -0.2) is 76.0 Å². The van der Waals surface area contributed by atoms with Gasteiger partial charge in [-0.15, -0.1) is 0 Å². The number of halogens is 4. The molecule has 0 bridgehead atoms. The van der Waals surface area contributed by atoms with Crippen molar-refractivity contribution < 1.29 is 41.8 Å². The van der Waals surface area contributed by atoms with Crippen molar-refractivity contribution in [1.29, 1.82) is 0 Å². The Morgan fingerprint density at radius 1 is 0.845 bits per heavy atom. The Morgan fingerprint density at radius 3 is 2.14 bits per heavy atom. The van der Waals surface area contributed by atoms with Crippen molar-refractivity contribution in [3.8, 4) is 17.1 Å². The number of hydrogen-bond acceptors (Lipinski definition) is 12. The van der Waals surface area contributed by atoms with E-state index < -0.39 is 53.9 Å². The predicted octanol–water partition coefficient (Wildman–Crippen LogP) is 5.96. The molecule has 4 N–H and O–H groups in total. The molecule has 1 aliphatic carbocycles. The van der Waals surface area contributed by atoms with Gasteiger partial charge in [0.2, 0.25) is 17.7 Å². The lowest BCUT2D eigenvalue weighted by Gasteiger charge is -2.19. The lowest BCUT2D eigenvalue weighted by molar-refractivity contribution is -0.154. The van der Waals surface area contributed by atoms with Crippen molar-refractivity contribution in [2.24, 2.45) is 0 Å². The fourth-order valence-electron chi connectivity index (χ4n) is 5.79. The monoisotopic (exact) mass is 816 g/mol. The van der Waals surface area contributed by atoms with Gasteiger partial charge in [-0.1, -0.05) is 48.0 Å². The van der Waals surface area contributed by atoms with E-state index in [2.05, 4.69) is 41.2 Å². The summed E-state index contributed by atoms with van der Waals surface area (Å²) in [5.74, 6) is -3.10. The van der Waals surface area contributed by atoms with Crippen LogP contribution in [0.25, 0.3) is 11.1 Å². The van der Waals surface area contributed by atoms with Crippen LogP contribution in [0.15, 0.2) is 97.3 Å². The summed E-state index contributed by atoms with van der Waals surface area (Å²) >= 11 is 6.04. The average molecular weight is 817 g/mol. The molecule has 3 aromatic carbocycles. The molecule has 0 spiro atoms. The molecular weight excluding hydrogens is 781 g/mol. The van der Waals surface area contributed by atoms with Crippen LogP contribution in [-0.2, 0) is 31.1 Å². The largest absolute Gasteiger partial charge is 0.467 e. The van der Waals surface area contributed by atoms with Crippen LogP contribution in [0.1, 0.15) is 40.7 Å². The van der Waals surface area contributed by atoms with E-state index in [1.54, 1.807) is 36.7 Å². The number of rotatable bonds is 17. The molecular formula is C40H36ClF3N8O6. The number of alkyl halides is 3. The number of nitrogens with one attached hydrogen (secondary N) is 4. The topological polar surface area (TPSA) is 186 Å². The molecule has 1 saturated carbocycles. The van der Waals surface area contributed by atoms with Gasteiger partial charge in [-0.05, 0) is 90.0 Å². The number of anilines is 3. The molecule has 0 radical (unpaired) electrons. The molecule has 5 aromatic rings. The van der Waals surface area contributed by atoms with E-state index in [1.165, 1.54) is 24.3 Å². The van der Waals surface area contributed by atoms with E-state index in [0.29, 0.717) is 29.1 Å². The van der Waals surface area contributed by atoms with Crippen molar-refractivity contribution in [2.45, 2.75) is 43.4 Å². The number of nitrogens with zero attached hydrogens (tertiary/aromatic N) is 4. The summed E-state index contributed by atoms with van der Waals surface area (Å²) in [6, 6.07) is 22.2. The lowest BCUT2D eigenvalue weighted by atomic mass is 10.0. The molecule has 18 heteroatoms. The van der Waals surface area contributed by atoms with Crippen molar-refractivity contribution in [3.63, 3.8) is 0 Å². The Balaban J connectivity index is 1.04. The third kappa shape index (κ3) is 11.2. The first kappa shape index (κ1) is 41.0. The highest BCUT2D eigenvalue weighted by Crippen LogP contribution is 2.48. The summed E-state index contributed by atoms with van der Waals surface area (Å²) in [6.45, 7) is -1.74. The van der Waals surface area contributed by atoms with Gasteiger partial charge >= 0.3 is 18.2 Å². The van der Waals surface area contributed by atoms with E-state index >= 15 is 0 Å². The second-order valence-electron chi connectivity index (χ2n) is 13.2. The number of esters is 1. The number of methoxy groups -OCH3 is 1. The summed E-state index contributed by atoms with van der Waals surface area (Å²) in [4.78, 5) is 67.2. The van der Waals surface area contributed by atoms with E-state index in [1.807, 2.05) is 36.4 Å². The van der Waals surface area contributed by atoms with Crippen LogP contribution in [0.4, 0.5) is 30.8 Å². The molecule has 58 heavy (non-hydrogen) atoms. The van der Waals surface area contributed by atoms with Crippen molar-refractivity contribution in [3.05, 3.63) is 119 Å². The zero-order valence-electron chi connectivity index (χ0n) is 30.8. The first-order chi connectivity index (χ1) is 27.8. The molecule has 1 aliphatic rings. The van der Waals surface area contributed by atoms with E-state index in [0.717, 1.165) is 23.8 Å². The van der Waals surface area contributed by atoms with Gasteiger partial charge in [0.05, 0.1) is 12.6 Å². The molecule has 300 valence electrons. The second kappa shape index (κ2) is 18.1. The molecule has 2 heterocycles. The van der Waals surface area contributed by atoms with E-state index in [4.69, 9.17) is 21.1 Å². The summed E-state index contributed by atoms with van der Waals surface area (Å²) in [5.41, 5.74) is 3.37. The minimum atomic E-state index is -4.64. The van der Waals surface area contributed by atoms with Crippen LogP contribution in [0.5, 0.6) is 6.01 Å². The number of amides is 2. The Labute approximate surface area is 335 Å². The van der Waals surface area contributed by atoms with Crippen molar-refractivity contribution in [1.82, 2.24) is 30.6 Å². The Kier molecular flexibility index (Phi) is 12.8. The first-order valence-electron chi connectivity index (χ1n) is 17.9. The highest BCUT2D eigenvalue weighted by molar-refractivity contribution is 6.36. The summed E-state index contributed by atoms with van der Waals surface area (Å²) in [6.07, 6.45) is -0.0763. The fraction of sp³-hybridized carbons (Fsp3) is 0.250. The number of hydrogen-bond donors (Lipinski definition) is 4. The molecule has 6 rings (SSSR count). The van der Waals surface area contributed by atoms with Gasteiger partial charge in [0, 0.05) is 41.6 Å². The third-order valence-electron chi connectivity index (χ3n) is 8.98. The molecule has 0 saturated heterocycles. The zero-order valence-corrected chi connectivity index (χ0v) is 31.6. The molecule has 2 aromatic heterocycles. The zero-order chi connectivity index (χ0) is 41.3. The standard InChI is InChI=1S/C40H36ClF3N8O6/c1-57-35(56)31(16-21-46-34(55)32(53)22-24-2-4-25(5-3-24)26-14-19-45-20-15-26)48-33(54)27-6-12-30(13-7-27)47-36-49-37(51-38(50-36)58-23-40(42,43)44)52-39(17-18-39)28-8-10-29(41)11-9-28/h2-15,19-20,31H,16-18,21-23H2,1H3,(H,46,55)(H,48,54)(H2,47,49,50,51,52)/t31-/m0/s1. The molecule has 1 fully saturated rings. The van der Waals surface area contributed by atoms with Gasteiger partial charge in [-0.3, -0.25) is 19.4 Å². The highest BCUT2D eigenvalue weighted by Gasteiger charge is 2.45. The number of benzene rings is 3. The Bertz CT molecular complexity index is 2240. The number of ketones is 1.